The number of aryl methyl sites for hydroxylation is 1. The second-order valence-corrected chi connectivity index (χ2v) is 5.26. The van der Waals surface area contributed by atoms with Gasteiger partial charge in [-0.1, -0.05) is 6.07 Å². The summed E-state index contributed by atoms with van der Waals surface area (Å²) < 4.78 is 0. The summed E-state index contributed by atoms with van der Waals surface area (Å²) in [5, 5.41) is 0. The first-order chi connectivity index (χ1) is 9.00. The number of aromatic nitrogens is 1. The molecule has 0 aliphatic rings. The number of amides is 1. The van der Waals surface area contributed by atoms with Crippen molar-refractivity contribution in [2.24, 2.45) is 5.73 Å². The molecule has 4 N–H and O–H groups in total. The lowest BCUT2D eigenvalue weighted by Crippen LogP contribution is -2.23. The van der Waals surface area contributed by atoms with E-state index >= 15 is 0 Å². The molecule has 0 radical (unpaired) electrons. The van der Waals surface area contributed by atoms with Gasteiger partial charge in [0.2, 0.25) is 0 Å². The van der Waals surface area contributed by atoms with Crippen molar-refractivity contribution in [1.82, 2.24) is 4.98 Å². The molecule has 1 aromatic carbocycles. The van der Waals surface area contributed by atoms with Gasteiger partial charge in [-0.05, 0) is 19.1 Å². The molecule has 0 spiro atoms. The van der Waals surface area contributed by atoms with Crippen LogP contribution in [0.3, 0.4) is 0 Å². The largest absolute Gasteiger partial charge is 0.397 e. The van der Waals surface area contributed by atoms with Crippen LogP contribution in [0.25, 0.3) is 0 Å². The lowest BCUT2D eigenvalue weighted by molar-refractivity contribution is 0.100. The Kier molecular flexibility index (Phi) is 3.71. The van der Waals surface area contributed by atoms with Gasteiger partial charge >= 0.3 is 0 Å². The first kappa shape index (κ1) is 13.4. The zero-order valence-corrected chi connectivity index (χ0v) is 11.7. The van der Waals surface area contributed by atoms with E-state index in [0.717, 1.165) is 10.6 Å². The Balaban J connectivity index is 2.36. The van der Waals surface area contributed by atoms with Crippen molar-refractivity contribution in [2.75, 3.05) is 17.7 Å². The van der Waals surface area contributed by atoms with E-state index in [2.05, 4.69) is 4.98 Å². The fourth-order valence-electron chi connectivity index (χ4n) is 1.96. The molecular formula is C13H16N4OS. The van der Waals surface area contributed by atoms with Crippen molar-refractivity contribution in [1.29, 1.82) is 0 Å². The van der Waals surface area contributed by atoms with E-state index in [9.17, 15) is 4.79 Å². The van der Waals surface area contributed by atoms with Crippen molar-refractivity contribution in [3.63, 3.8) is 0 Å². The number of benzene rings is 1. The number of hydrogen-bond acceptors (Lipinski definition) is 5. The summed E-state index contributed by atoms with van der Waals surface area (Å²) in [6, 6.07) is 5.17. The minimum atomic E-state index is -0.477. The molecular weight excluding hydrogens is 260 g/mol. The number of rotatable bonds is 4. The highest BCUT2D eigenvalue weighted by Crippen LogP contribution is 2.29. The topological polar surface area (TPSA) is 85.2 Å². The molecule has 100 valence electrons. The van der Waals surface area contributed by atoms with Crippen LogP contribution in [0.4, 0.5) is 11.4 Å². The van der Waals surface area contributed by atoms with Gasteiger partial charge in [-0.15, -0.1) is 11.3 Å². The van der Waals surface area contributed by atoms with Gasteiger partial charge < -0.3 is 16.4 Å². The Bertz CT molecular complexity index is 608. The van der Waals surface area contributed by atoms with Crippen molar-refractivity contribution in [3.8, 4) is 0 Å². The van der Waals surface area contributed by atoms with E-state index in [1.807, 2.05) is 24.4 Å². The summed E-state index contributed by atoms with van der Waals surface area (Å²) >= 11 is 1.58. The first-order valence-corrected chi connectivity index (χ1v) is 6.67. The van der Waals surface area contributed by atoms with Crippen LogP contribution in [0.1, 0.15) is 20.9 Å². The molecule has 2 aromatic rings. The van der Waals surface area contributed by atoms with E-state index in [1.165, 1.54) is 0 Å². The highest BCUT2D eigenvalue weighted by molar-refractivity contribution is 7.09. The van der Waals surface area contributed by atoms with E-state index in [1.54, 1.807) is 29.5 Å². The standard InChI is InChI=1S/C13H16N4OS/c1-8-11(19-7-16-8)6-17(2)12-9(13(15)18)4-3-5-10(12)14/h3-5,7H,6,14H2,1-2H3,(H2,15,18). The van der Waals surface area contributed by atoms with Gasteiger partial charge in [0.25, 0.3) is 5.91 Å². The van der Waals surface area contributed by atoms with Crippen molar-refractivity contribution in [3.05, 3.63) is 39.8 Å². The molecule has 5 nitrogen and oxygen atoms in total. The molecule has 6 heteroatoms. The van der Waals surface area contributed by atoms with Crippen LogP contribution in [0.15, 0.2) is 23.7 Å². The van der Waals surface area contributed by atoms with Crippen molar-refractivity contribution >= 4 is 28.6 Å². The highest BCUT2D eigenvalue weighted by Gasteiger charge is 2.16. The van der Waals surface area contributed by atoms with E-state index in [4.69, 9.17) is 11.5 Å². The third kappa shape index (κ3) is 2.68. The van der Waals surface area contributed by atoms with E-state index < -0.39 is 5.91 Å². The maximum atomic E-state index is 11.5. The number of hydrogen-bond donors (Lipinski definition) is 2. The second-order valence-electron chi connectivity index (χ2n) is 4.32. The molecule has 19 heavy (non-hydrogen) atoms. The van der Waals surface area contributed by atoms with E-state index in [-0.39, 0.29) is 0 Å². The highest BCUT2D eigenvalue weighted by atomic mass is 32.1. The normalized spacial score (nSPS) is 10.4. The Morgan fingerprint density at radius 1 is 1.47 bits per heavy atom. The minimum Gasteiger partial charge on any atom is -0.397 e. The van der Waals surface area contributed by atoms with Gasteiger partial charge in [-0.25, -0.2) is 4.98 Å². The minimum absolute atomic E-state index is 0.435. The number of para-hydroxylation sites is 1. The van der Waals surface area contributed by atoms with Crippen LogP contribution < -0.4 is 16.4 Å². The molecule has 2 rings (SSSR count). The van der Waals surface area contributed by atoms with Crippen LogP contribution >= 0.6 is 11.3 Å². The summed E-state index contributed by atoms with van der Waals surface area (Å²) in [5.74, 6) is -0.477. The van der Waals surface area contributed by atoms with Crippen LogP contribution in [-0.2, 0) is 6.54 Å². The molecule has 1 aromatic heterocycles. The van der Waals surface area contributed by atoms with Gasteiger partial charge in [0.1, 0.15) is 0 Å². The predicted octanol–water partition coefficient (Wildman–Crippen LogP) is 1.77. The molecule has 0 unspecified atom stereocenters. The maximum Gasteiger partial charge on any atom is 0.250 e. The zero-order valence-electron chi connectivity index (χ0n) is 10.9. The van der Waals surface area contributed by atoms with Crippen molar-refractivity contribution < 1.29 is 4.79 Å². The first-order valence-electron chi connectivity index (χ1n) is 5.79. The fourth-order valence-corrected chi connectivity index (χ4v) is 2.79. The van der Waals surface area contributed by atoms with Crippen LogP contribution in [0.2, 0.25) is 0 Å². The number of anilines is 2. The third-order valence-corrected chi connectivity index (χ3v) is 3.86. The Morgan fingerprint density at radius 2 is 2.21 bits per heavy atom. The summed E-state index contributed by atoms with van der Waals surface area (Å²) in [7, 11) is 1.89. The van der Waals surface area contributed by atoms with Gasteiger partial charge in [0.15, 0.2) is 0 Å². The lowest BCUT2D eigenvalue weighted by Gasteiger charge is -2.22. The summed E-state index contributed by atoms with van der Waals surface area (Å²) in [6.07, 6.45) is 0. The average molecular weight is 276 g/mol. The fraction of sp³-hybridized carbons (Fsp3) is 0.231. The Hall–Kier alpha value is -2.08. The van der Waals surface area contributed by atoms with Crippen molar-refractivity contribution in [2.45, 2.75) is 13.5 Å². The molecule has 0 saturated carbocycles. The Labute approximate surface area is 115 Å². The lowest BCUT2D eigenvalue weighted by atomic mass is 10.1. The van der Waals surface area contributed by atoms with Crippen LogP contribution in [-0.4, -0.2) is 17.9 Å². The monoisotopic (exact) mass is 276 g/mol. The quantitative estimate of drug-likeness (QED) is 0.833. The third-order valence-electron chi connectivity index (χ3n) is 2.94. The summed E-state index contributed by atoms with van der Waals surface area (Å²) in [6.45, 7) is 2.61. The molecule has 1 amide bonds. The van der Waals surface area contributed by atoms with Crippen LogP contribution in [0.5, 0.6) is 0 Å². The maximum absolute atomic E-state index is 11.5. The van der Waals surface area contributed by atoms with E-state index in [0.29, 0.717) is 23.5 Å². The number of thiazole rings is 1. The molecule has 0 fully saturated rings. The SMILES string of the molecule is Cc1ncsc1CN(C)c1c(N)cccc1C(N)=O. The molecule has 1 heterocycles. The zero-order chi connectivity index (χ0) is 14.0. The number of carbonyl (C=O) groups excluding carboxylic acids is 1. The molecule has 0 aliphatic heterocycles. The second kappa shape index (κ2) is 5.27. The van der Waals surface area contributed by atoms with Gasteiger partial charge in [0.05, 0.1) is 34.7 Å². The molecule has 0 atom stereocenters. The number of nitrogens with two attached hydrogens (primary N) is 2. The Morgan fingerprint density at radius 3 is 2.79 bits per heavy atom. The molecule has 0 saturated heterocycles. The number of primary amides is 1. The smallest absolute Gasteiger partial charge is 0.250 e. The molecule has 0 bridgehead atoms. The summed E-state index contributed by atoms with van der Waals surface area (Å²) in [5.41, 5.74) is 15.8. The predicted molar refractivity (Wildman–Crippen MR) is 78.3 cm³/mol. The number of nitrogen functional groups attached to an aromatic ring is 1. The van der Waals surface area contributed by atoms with Crippen LogP contribution in [0, 0.1) is 6.92 Å². The number of carbonyl (C=O) groups is 1. The van der Waals surface area contributed by atoms with Gasteiger partial charge in [0, 0.05) is 11.9 Å². The molecule has 0 aliphatic carbocycles. The summed E-state index contributed by atoms with van der Waals surface area (Å²) in [4.78, 5) is 18.8. The average Bonchev–Trinajstić information content (AvgIpc) is 2.74. The van der Waals surface area contributed by atoms with Gasteiger partial charge in [-0.3, -0.25) is 4.79 Å². The number of nitrogens with zero attached hydrogens (tertiary/aromatic N) is 2. The van der Waals surface area contributed by atoms with Gasteiger partial charge in [-0.2, -0.15) is 0 Å².